The van der Waals surface area contributed by atoms with E-state index in [2.05, 4.69) is 21.2 Å². The molecule has 1 aromatic rings. The second-order valence-electron chi connectivity index (χ2n) is 4.33. The van der Waals surface area contributed by atoms with Crippen molar-refractivity contribution in [3.8, 4) is 0 Å². The number of hydrogen-bond donors (Lipinski definition) is 1. The first-order valence-electron chi connectivity index (χ1n) is 4.99. The SMILES string of the molecule is Fc1cc(C2OCC23CNC3)ccc1Br. The third-order valence-electron chi connectivity index (χ3n) is 3.29. The summed E-state index contributed by atoms with van der Waals surface area (Å²) in [5.74, 6) is -0.217. The van der Waals surface area contributed by atoms with Crippen LogP contribution in [0.1, 0.15) is 11.7 Å². The Morgan fingerprint density at radius 3 is 2.73 bits per heavy atom. The van der Waals surface area contributed by atoms with E-state index in [0.717, 1.165) is 25.3 Å². The van der Waals surface area contributed by atoms with Gasteiger partial charge in [0.15, 0.2) is 0 Å². The molecule has 4 heteroatoms. The molecule has 3 rings (SSSR count). The molecule has 1 N–H and O–H groups in total. The van der Waals surface area contributed by atoms with Gasteiger partial charge in [-0.25, -0.2) is 4.39 Å². The normalized spacial score (nSPS) is 27.2. The second kappa shape index (κ2) is 3.27. The van der Waals surface area contributed by atoms with Gasteiger partial charge in [-0.05, 0) is 33.6 Å². The van der Waals surface area contributed by atoms with Crippen LogP contribution >= 0.6 is 15.9 Å². The zero-order valence-electron chi connectivity index (χ0n) is 8.09. The highest BCUT2D eigenvalue weighted by Crippen LogP contribution is 2.49. The smallest absolute Gasteiger partial charge is 0.137 e. The Kier molecular flexibility index (Phi) is 2.13. The molecular formula is C11H11BrFNO. The fourth-order valence-electron chi connectivity index (χ4n) is 2.26. The van der Waals surface area contributed by atoms with Crippen molar-refractivity contribution in [1.82, 2.24) is 5.32 Å². The van der Waals surface area contributed by atoms with E-state index in [-0.39, 0.29) is 17.3 Å². The van der Waals surface area contributed by atoms with Crippen molar-refractivity contribution in [1.29, 1.82) is 0 Å². The Bertz CT molecular complexity index is 400. The highest BCUT2D eigenvalue weighted by Gasteiger charge is 2.53. The van der Waals surface area contributed by atoms with Crippen LogP contribution in [0.2, 0.25) is 0 Å². The molecule has 2 heterocycles. The Balaban J connectivity index is 1.90. The van der Waals surface area contributed by atoms with Gasteiger partial charge in [0.25, 0.3) is 0 Å². The van der Waals surface area contributed by atoms with E-state index in [1.54, 1.807) is 12.1 Å². The van der Waals surface area contributed by atoms with Crippen LogP contribution in [0.3, 0.4) is 0 Å². The summed E-state index contributed by atoms with van der Waals surface area (Å²) in [5.41, 5.74) is 1.18. The van der Waals surface area contributed by atoms with E-state index in [0.29, 0.717) is 4.47 Å². The molecule has 0 aromatic heterocycles. The molecule has 0 bridgehead atoms. The van der Waals surface area contributed by atoms with E-state index < -0.39 is 0 Å². The average molecular weight is 272 g/mol. The summed E-state index contributed by atoms with van der Waals surface area (Å²) in [4.78, 5) is 0. The Labute approximate surface area is 95.9 Å². The van der Waals surface area contributed by atoms with Crippen molar-refractivity contribution < 1.29 is 9.13 Å². The van der Waals surface area contributed by atoms with Crippen molar-refractivity contribution in [3.05, 3.63) is 34.1 Å². The summed E-state index contributed by atoms with van der Waals surface area (Å²) in [6.45, 7) is 2.76. The van der Waals surface area contributed by atoms with Gasteiger partial charge in [-0.3, -0.25) is 0 Å². The van der Waals surface area contributed by atoms with E-state index in [4.69, 9.17) is 4.74 Å². The van der Waals surface area contributed by atoms with Crippen LogP contribution < -0.4 is 5.32 Å². The number of rotatable bonds is 1. The Morgan fingerprint density at radius 1 is 1.47 bits per heavy atom. The molecule has 2 fully saturated rings. The molecular weight excluding hydrogens is 261 g/mol. The Hall–Kier alpha value is -0.450. The number of halogens is 2. The van der Waals surface area contributed by atoms with Crippen LogP contribution in [0.5, 0.6) is 0 Å². The number of benzene rings is 1. The van der Waals surface area contributed by atoms with E-state index in [1.807, 2.05) is 6.07 Å². The monoisotopic (exact) mass is 271 g/mol. The summed E-state index contributed by atoms with van der Waals surface area (Å²) < 4.78 is 19.4. The van der Waals surface area contributed by atoms with Crippen LogP contribution in [0, 0.1) is 11.2 Å². The van der Waals surface area contributed by atoms with Gasteiger partial charge in [-0.15, -0.1) is 0 Å². The highest BCUT2D eigenvalue weighted by molar-refractivity contribution is 9.10. The molecule has 0 aliphatic carbocycles. The Morgan fingerprint density at radius 2 is 2.27 bits per heavy atom. The molecule has 2 nitrogen and oxygen atoms in total. The van der Waals surface area contributed by atoms with Gasteiger partial charge in [0.1, 0.15) is 5.82 Å². The lowest BCUT2D eigenvalue weighted by Crippen LogP contribution is -2.65. The quantitative estimate of drug-likeness (QED) is 0.846. The average Bonchev–Trinajstić information content (AvgIpc) is 2.07. The van der Waals surface area contributed by atoms with Crippen molar-refractivity contribution in [2.24, 2.45) is 5.41 Å². The maximum atomic E-state index is 13.4. The minimum absolute atomic E-state index is 0.0707. The van der Waals surface area contributed by atoms with Crippen LogP contribution in [-0.2, 0) is 4.74 Å². The maximum absolute atomic E-state index is 13.4. The third-order valence-corrected chi connectivity index (χ3v) is 3.94. The molecule has 0 radical (unpaired) electrons. The van der Waals surface area contributed by atoms with Crippen LogP contribution in [0.15, 0.2) is 22.7 Å². The van der Waals surface area contributed by atoms with Crippen molar-refractivity contribution >= 4 is 15.9 Å². The van der Waals surface area contributed by atoms with Gasteiger partial charge >= 0.3 is 0 Å². The predicted octanol–water partition coefficient (Wildman–Crippen LogP) is 2.25. The van der Waals surface area contributed by atoms with E-state index in [1.165, 1.54) is 0 Å². The molecule has 0 amide bonds. The summed E-state index contributed by atoms with van der Waals surface area (Å²) >= 11 is 3.15. The minimum atomic E-state index is -0.217. The molecule has 0 saturated carbocycles. The van der Waals surface area contributed by atoms with Gasteiger partial charge in [0.05, 0.1) is 17.2 Å². The van der Waals surface area contributed by atoms with Crippen molar-refractivity contribution in [2.75, 3.05) is 19.7 Å². The second-order valence-corrected chi connectivity index (χ2v) is 5.18. The van der Waals surface area contributed by atoms with E-state index in [9.17, 15) is 4.39 Å². The van der Waals surface area contributed by atoms with Crippen LogP contribution in [-0.4, -0.2) is 19.7 Å². The van der Waals surface area contributed by atoms with Crippen LogP contribution in [0.25, 0.3) is 0 Å². The number of nitrogens with one attached hydrogen (secondary N) is 1. The lowest BCUT2D eigenvalue weighted by molar-refractivity contribution is -0.213. The molecule has 1 atom stereocenters. The van der Waals surface area contributed by atoms with Gasteiger partial charge < -0.3 is 10.1 Å². The molecule has 15 heavy (non-hydrogen) atoms. The summed E-state index contributed by atoms with van der Waals surface area (Å²) in [5, 5.41) is 3.25. The molecule has 2 aliphatic rings. The first kappa shape index (κ1) is 9.75. The number of ether oxygens (including phenoxy) is 1. The zero-order valence-corrected chi connectivity index (χ0v) is 9.68. The molecule has 2 saturated heterocycles. The fraction of sp³-hybridized carbons (Fsp3) is 0.455. The summed E-state index contributed by atoms with van der Waals surface area (Å²) in [6, 6.07) is 5.23. The van der Waals surface area contributed by atoms with E-state index >= 15 is 0 Å². The number of hydrogen-bond acceptors (Lipinski definition) is 2. The van der Waals surface area contributed by atoms with Crippen molar-refractivity contribution in [2.45, 2.75) is 6.10 Å². The lowest BCUT2D eigenvalue weighted by Gasteiger charge is -2.55. The predicted molar refractivity (Wildman–Crippen MR) is 58.1 cm³/mol. The molecule has 80 valence electrons. The third kappa shape index (κ3) is 1.35. The van der Waals surface area contributed by atoms with Gasteiger partial charge in [0.2, 0.25) is 0 Å². The lowest BCUT2D eigenvalue weighted by atomic mass is 9.70. The summed E-state index contributed by atoms with van der Waals surface area (Å²) in [7, 11) is 0. The van der Waals surface area contributed by atoms with Gasteiger partial charge in [-0.2, -0.15) is 0 Å². The van der Waals surface area contributed by atoms with Gasteiger partial charge in [-0.1, -0.05) is 6.07 Å². The molecule has 1 spiro atoms. The first-order chi connectivity index (χ1) is 7.21. The largest absolute Gasteiger partial charge is 0.372 e. The van der Waals surface area contributed by atoms with Crippen molar-refractivity contribution in [3.63, 3.8) is 0 Å². The first-order valence-corrected chi connectivity index (χ1v) is 5.78. The molecule has 1 aromatic carbocycles. The summed E-state index contributed by atoms with van der Waals surface area (Å²) in [6.07, 6.45) is 0.0707. The minimum Gasteiger partial charge on any atom is -0.372 e. The molecule has 1 unspecified atom stereocenters. The zero-order chi connectivity index (χ0) is 10.5. The van der Waals surface area contributed by atoms with Gasteiger partial charge in [0, 0.05) is 18.5 Å². The van der Waals surface area contributed by atoms with Crippen LogP contribution in [0.4, 0.5) is 4.39 Å². The molecule has 2 aliphatic heterocycles. The topological polar surface area (TPSA) is 21.3 Å². The standard InChI is InChI=1S/C11H11BrFNO/c12-8-2-1-7(3-9(8)13)10-11(6-15-10)4-14-5-11/h1-3,10,14H,4-6H2. The highest BCUT2D eigenvalue weighted by atomic mass is 79.9. The fourth-order valence-corrected chi connectivity index (χ4v) is 2.51. The maximum Gasteiger partial charge on any atom is 0.137 e.